The van der Waals surface area contributed by atoms with Crippen LogP contribution in [0.4, 0.5) is 0 Å². The fourth-order valence-corrected chi connectivity index (χ4v) is 3.36. The molecule has 34 heavy (non-hydrogen) atoms. The smallest absolute Gasteiger partial charge is 0.239 e. The minimum absolute atomic E-state index is 0.0120. The number of nitrogens with one attached hydrogen (secondary N) is 1. The molecule has 0 spiro atoms. The van der Waals surface area contributed by atoms with Crippen molar-refractivity contribution in [2.24, 2.45) is 16.9 Å². The molecule has 3 amide bonds. The number of ether oxygens (including phenoxy) is 1. The Morgan fingerprint density at radius 1 is 0.971 bits per heavy atom. The largest absolute Gasteiger partial charge is 0.378 e. The van der Waals surface area contributed by atoms with Gasteiger partial charge in [0.2, 0.25) is 17.7 Å². The Kier molecular flexibility index (Phi) is 11.6. The van der Waals surface area contributed by atoms with Crippen LogP contribution < -0.4 is 16.8 Å². The van der Waals surface area contributed by atoms with Gasteiger partial charge in [-0.15, -0.1) is 0 Å². The van der Waals surface area contributed by atoms with E-state index in [1.165, 1.54) is 14.7 Å². The van der Waals surface area contributed by atoms with Crippen molar-refractivity contribution < 1.29 is 23.9 Å². The predicted octanol–water partition coefficient (Wildman–Crippen LogP) is -0.165. The summed E-state index contributed by atoms with van der Waals surface area (Å²) in [5.74, 6) is -0.661. The molecule has 0 saturated carbocycles. The molecule has 11 nitrogen and oxygen atoms in total. The van der Waals surface area contributed by atoms with Crippen LogP contribution in [0.5, 0.6) is 0 Å². The summed E-state index contributed by atoms with van der Waals surface area (Å²) in [5.41, 5.74) is 10.1. The Morgan fingerprint density at radius 2 is 1.53 bits per heavy atom. The number of carbonyl (C=O) groups excluding carboxylic acids is 4. The second-order valence-electron chi connectivity index (χ2n) is 10.3. The minimum atomic E-state index is -0.814. The van der Waals surface area contributed by atoms with Crippen LogP contribution in [0.3, 0.4) is 0 Å². The zero-order valence-electron chi connectivity index (χ0n) is 21.7. The molecule has 1 fully saturated rings. The van der Waals surface area contributed by atoms with Gasteiger partial charge in [0.25, 0.3) is 0 Å². The highest BCUT2D eigenvalue weighted by Gasteiger charge is 2.37. The van der Waals surface area contributed by atoms with Crippen LogP contribution in [0, 0.1) is 5.41 Å². The zero-order valence-corrected chi connectivity index (χ0v) is 21.7. The molecule has 1 unspecified atom stereocenters. The molecule has 0 aromatic rings. The molecule has 0 bridgehead atoms. The van der Waals surface area contributed by atoms with Crippen LogP contribution in [-0.4, -0.2) is 96.1 Å². The number of Topliss-reactive ketones (excluding diaryl/α,β-unsaturated/α-hetero) is 1. The average molecular weight is 485 g/mol. The van der Waals surface area contributed by atoms with Gasteiger partial charge in [0, 0.05) is 25.1 Å². The van der Waals surface area contributed by atoms with Crippen LogP contribution in [0.15, 0.2) is 0 Å². The number of rotatable bonds is 13. The van der Waals surface area contributed by atoms with Gasteiger partial charge in [-0.05, 0) is 54.4 Å². The van der Waals surface area contributed by atoms with Gasteiger partial charge < -0.3 is 41.0 Å². The Morgan fingerprint density at radius 3 is 2.06 bits per heavy atom. The van der Waals surface area contributed by atoms with E-state index >= 15 is 0 Å². The highest BCUT2D eigenvalue weighted by atomic mass is 16.5. The zero-order chi connectivity index (χ0) is 26.1. The van der Waals surface area contributed by atoms with E-state index in [1.807, 2.05) is 20.8 Å². The van der Waals surface area contributed by atoms with Crippen LogP contribution in [0.25, 0.3) is 0 Å². The first-order valence-corrected chi connectivity index (χ1v) is 11.8. The van der Waals surface area contributed by atoms with E-state index in [9.17, 15) is 19.2 Å². The van der Waals surface area contributed by atoms with Crippen molar-refractivity contribution in [3.8, 4) is 0 Å². The average Bonchev–Trinajstić information content (AvgIpc) is 2.79. The molecule has 1 aliphatic rings. The molecule has 1 saturated heterocycles. The number of nitrogens with two attached hydrogens (primary N) is 2. The molecule has 0 aliphatic carbocycles. The Hall–Kier alpha value is -2.08. The Balaban J connectivity index is 2.68. The van der Waals surface area contributed by atoms with E-state index in [1.54, 1.807) is 20.8 Å². The SMILES string of the molecule is CC(=O)CCC(C)OCCC(C)(C)NCC(=O)N1CN(C(=O)CN)CN(C(=O)C(C)(C)CN)C1. The molecule has 1 heterocycles. The highest BCUT2D eigenvalue weighted by molar-refractivity contribution is 5.85. The molecule has 11 heteroatoms. The van der Waals surface area contributed by atoms with Gasteiger partial charge >= 0.3 is 0 Å². The quantitative estimate of drug-likeness (QED) is 0.326. The van der Waals surface area contributed by atoms with Crippen molar-refractivity contribution in [1.82, 2.24) is 20.0 Å². The minimum Gasteiger partial charge on any atom is -0.378 e. The summed E-state index contributed by atoms with van der Waals surface area (Å²) in [5, 5.41) is 3.25. The number of hydrogen-bond acceptors (Lipinski definition) is 8. The number of carbonyl (C=O) groups is 4. The topological polar surface area (TPSA) is 151 Å². The molecule has 1 atom stereocenters. The molecule has 0 aromatic heterocycles. The summed E-state index contributed by atoms with van der Waals surface area (Å²) in [6, 6.07) is 0. The lowest BCUT2D eigenvalue weighted by Crippen LogP contribution is -2.63. The fraction of sp³-hybridized carbons (Fsp3) is 0.826. The molecule has 1 aliphatic heterocycles. The van der Waals surface area contributed by atoms with Crippen molar-refractivity contribution in [3.63, 3.8) is 0 Å². The van der Waals surface area contributed by atoms with Gasteiger partial charge in [0.1, 0.15) is 5.78 Å². The normalized spacial score (nSPS) is 15.9. The molecular weight excluding hydrogens is 440 g/mol. The summed E-state index contributed by atoms with van der Waals surface area (Å²) < 4.78 is 5.79. The van der Waals surface area contributed by atoms with Gasteiger partial charge in [-0.1, -0.05) is 0 Å². The highest BCUT2D eigenvalue weighted by Crippen LogP contribution is 2.20. The molecular formula is C23H44N6O5. The van der Waals surface area contributed by atoms with Crippen LogP contribution in [-0.2, 0) is 23.9 Å². The van der Waals surface area contributed by atoms with Gasteiger partial charge in [-0.2, -0.15) is 0 Å². The lowest BCUT2D eigenvalue weighted by molar-refractivity contribution is -0.162. The summed E-state index contributed by atoms with van der Waals surface area (Å²) in [6.45, 7) is 11.6. The second-order valence-corrected chi connectivity index (χ2v) is 10.3. The summed E-state index contributed by atoms with van der Waals surface area (Å²) >= 11 is 0. The van der Waals surface area contributed by atoms with E-state index in [0.29, 0.717) is 25.9 Å². The molecule has 0 radical (unpaired) electrons. The lowest BCUT2D eigenvalue weighted by Gasteiger charge is -2.44. The first-order chi connectivity index (χ1) is 15.7. The maximum atomic E-state index is 13.0. The molecule has 0 aromatic carbocycles. The first-order valence-electron chi connectivity index (χ1n) is 11.8. The van der Waals surface area contributed by atoms with Crippen molar-refractivity contribution in [3.05, 3.63) is 0 Å². The van der Waals surface area contributed by atoms with Crippen molar-refractivity contribution in [2.45, 2.75) is 72.4 Å². The number of amides is 3. The van der Waals surface area contributed by atoms with E-state index < -0.39 is 5.41 Å². The third-order valence-electron chi connectivity index (χ3n) is 6.03. The second kappa shape index (κ2) is 13.1. The summed E-state index contributed by atoms with van der Waals surface area (Å²) in [6.07, 6.45) is 1.84. The molecule has 1 rings (SSSR count). The van der Waals surface area contributed by atoms with Crippen molar-refractivity contribution in [2.75, 3.05) is 46.2 Å². The van der Waals surface area contributed by atoms with E-state index in [4.69, 9.17) is 16.2 Å². The first kappa shape index (κ1) is 30.0. The van der Waals surface area contributed by atoms with Crippen LogP contribution in [0.2, 0.25) is 0 Å². The molecule has 196 valence electrons. The van der Waals surface area contributed by atoms with Crippen molar-refractivity contribution in [1.29, 1.82) is 0 Å². The van der Waals surface area contributed by atoms with E-state index in [2.05, 4.69) is 5.32 Å². The number of nitrogens with zero attached hydrogens (tertiary/aromatic N) is 3. The summed E-state index contributed by atoms with van der Waals surface area (Å²) in [7, 11) is 0. The molecule has 5 N–H and O–H groups in total. The van der Waals surface area contributed by atoms with Gasteiger partial charge in [0.05, 0.1) is 44.6 Å². The number of hydrogen-bond donors (Lipinski definition) is 3. The Bertz CT molecular complexity index is 727. The third-order valence-corrected chi connectivity index (χ3v) is 6.03. The maximum absolute atomic E-state index is 13.0. The van der Waals surface area contributed by atoms with Crippen molar-refractivity contribution >= 4 is 23.5 Å². The predicted molar refractivity (Wildman–Crippen MR) is 129 cm³/mol. The van der Waals surface area contributed by atoms with Gasteiger partial charge in [-0.3, -0.25) is 14.4 Å². The monoisotopic (exact) mass is 484 g/mol. The maximum Gasteiger partial charge on any atom is 0.239 e. The van der Waals surface area contributed by atoms with Crippen LogP contribution >= 0.6 is 0 Å². The van der Waals surface area contributed by atoms with Gasteiger partial charge in [0.15, 0.2) is 0 Å². The summed E-state index contributed by atoms with van der Waals surface area (Å²) in [4.78, 5) is 53.6. The van der Waals surface area contributed by atoms with E-state index in [-0.39, 0.29) is 74.8 Å². The van der Waals surface area contributed by atoms with E-state index in [0.717, 1.165) is 0 Å². The fourth-order valence-electron chi connectivity index (χ4n) is 3.36. The Labute approximate surface area is 203 Å². The lowest BCUT2D eigenvalue weighted by atomic mass is 9.92. The third kappa shape index (κ3) is 9.65. The van der Waals surface area contributed by atoms with Gasteiger partial charge in [-0.25, -0.2) is 0 Å². The number of ketones is 1. The standard InChI is InChI=1S/C23H44N6O5/c1-17(30)7-8-18(2)34-10-9-23(5,6)26-12-20(32)28-14-27(19(31)11-24)15-29(16-28)21(33)22(3,4)13-25/h18,26H,7-16,24-25H2,1-6H3. The van der Waals surface area contributed by atoms with Crippen LogP contribution in [0.1, 0.15) is 60.8 Å².